The van der Waals surface area contributed by atoms with E-state index < -0.39 is 0 Å². The number of allylic oxidation sites excluding steroid dienone is 1. The van der Waals surface area contributed by atoms with Gasteiger partial charge >= 0.3 is 0 Å². The summed E-state index contributed by atoms with van der Waals surface area (Å²) in [7, 11) is 0. The largest absolute Gasteiger partial charge is 0.469 e. The smallest absolute Gasteiger partial charge is 0.255 e. The second-order valence-corrected chi connectivity index (χ2v) is 5.96. The zero-order valence-corrected chi connectivity index (χ0v) is 13.3. The molecule has 1 aromatic heterocycles. The molecule has 1 aromatic rings. The van der Waals surface area contributed by atoms with Gasteiger partial charge in [0, 0.05) is 25.7 Å². The number of likely N-dealkylation sites (tertiary alicyclic amines) is 1. The van der Waals surface area contributed by atoms with E-state index in [4.69, 9.17) is 4.42 Å². The van der Waals surface area contributed by atoms with E-state index in [1.54, 1.807) is 13.0 Å². The molecule has 1 fully saturated rings. The standard InChI is InChI=1S/C17H26N2O3/c1-3-4-5-15(20)12-19-9-6-14(7-10-19)18-17(21)16-8-11-22-13(16)2/h3,8,11,14-15,20H,1,4-7,9-10,12H2,2H3,(H,18,21). The summed E-state index contributed by atoms with van der Waals surface area (Å²) in [4.78, 5) is 14.4. The van der Waals surface area contributed by atoms with Crippen LogP contribution in [0.25, 0.3) is 0 Å². The first-order valence-corrected chi connectivity index (χ1v) is 7.96. The lowest BCUT2D eigenvalue weighted by Gasteiger charge is -2.33. The summed E-state index contributed by atoms with van der Waals surface area (Å²) in [5, 5.41) is 13.0. The lowest BCUT2D eigenvalue weighted by atomic mass is 10.0. The van der Waals surface area contributed by atoms with E-state index in [2.05, 4.69) is 16.8 Å². The number of rotatable bonds is 7. The lowest BCUT2D eigenvalue weighted by molar-refractivity contribution is 0.0804. The number of aliphatic hydroxyl groups is 1. The van der Waals surface area contributed by atoms with Crippen molar-refractivity contribution < 1.29 is 14.3 Å². The maximum absolute atomic E-state index is 12.1. The number of piperidine rings is 1. The molecule has 5 heteroatoms. The minimum Gasteiger partial charge on any atom is -0.469 e. The van der Waals surface area contributed by atoms with E-state index in [1.807, 2.05) is 6.08 Å². The first-order chi connectivity index (χ1) is 10.6. The van der Waals surface area contributed by atoms with Crippen molar-refractivity contribution in [1.82, 2.24) is 10.2 Å². The zero-order chi connectivity index (χ0) is 15.9. The van der Waals surface area contributed by atoms with E-state index in [0.717, 1.165) is 38.8 Å². The Kier molecular flexibility index (Phi) is 6.21. The number of aryl methyl sites for hydroxylation is 1. The van der Waals surface area contributed by atoms with Crippen molar-refractivity contribution in [2.24, 2.45) is 0 Å². The molecule has 1 unspecified atom stereocenters. The van der Waals surface area contributed by atoms with Crippen LogP contribution in [-0.2, 0) is 0 Å². The number of β-amino-alcohol motifs (C(OH)–C–C–N with tert-alkyl or cyclic N) is 1. The Labute approximate surface area is 132 Å². The van der Waals surface area contributed by atoms with Crippen LogP contribution >= 0.6 is 0 Å². The SMILES string of the molecule is C=CCCC(O)CN1CCC(NC(=O)c2ccoc2C)CC1. The van der Waals surface area contributed by atoms with Crippen molar-refractivity contribution in [3.8, 4) is 0 Å². The molecule has 5 nitrogen and oxygen atoms in total. The van der Waals surface area contributed by atoms with Crippen molar-refractivity contribution in [2.75, 3.05) is 19.6 Å². The van der Waals surface area contributed by atoms with E-state index in [9.17, 15) is 9.90 Å². The van der Waals surface area contributed by atoms with Gasteiger partial charge in [-0.25, -0.2) is 0 Å². The minimum absolute atomic E-state index is 0.0595. The fourth-order valence-electron chi connectivity index (χ4n) is 2.84. The average molecular weight is 306 g/mol. The highest BCUT2D eigenvalue weighted by Crippen LogP contribution is 2.14. The molecule has 2 rings (SSSR count). The Morgan fingerprint density at radius 2 is 2.32 bits per heavy atom. The van der Waals surface area contributed by atoms with Gasteiger partial charge in [-0.2, -0.15) is 0 Å². The highest BCUT2D eigenvalue weighted by Gasteiger charge is 2.23. The van der Waals surface area contributed by atoms with Gasteiger partial charge in [0.15, 0.2) is 0 Å². The molecule has 1 aliphatic heterocycles. The number of hydrogen-bond acceptors (Lipinski definition) is 4. The molecule has 22 heavy (non-hydrogen) atoms. The summed E-state index contributed by atoms with van der Waals surface area (Å²) in [6, 6.07) is 1.90. The van der Waals surface area contributed by atoms with Crippen LogP contribution < -0.4 is 5.32 Å². The third-order valence-corrected chi connectivity index (χ3v) is 4.20. The molecule has 122 valence electrons. The molecule has 0 radical (unpaired) electrons. The van der Waals surface area contributed by atoms with Crippen LogP contribution in [0.3, 0.4) is 0 Å². The quantitative estimate of drug-likeness (QED) is 0.757. The van der Waals surface area contributed by atoms with Crippen LogP contribution in [0, 0.1) is 6.92 Å². The summed E-state index contributed by atoms with van der Waals surface area (Å²) >= 11 is 0. The maximum atomic E-state index is 12.1. The molecule has 0 aliphatic carbocycles. The molecule has 0 bridgehead atoms. The van der Waals surface area contributed by atoms with Gasteiger partial charge in [-0.3, -0.25) is 4.79 Å². The molecule has 1 atom stereocenters. The monoisotopic (exact) mass is 306 g/mol. The molecular formula is C17H26N2O3. The van der Waals surface area contributed by atoms with Crippen LogP contribution in [0.2, 0.25) is 0 Å². The van der Waals surface area contributed by atoms with E-state index in [0.29, 0.717) is 17.9 Å². The van der Waals surface area contributed by atoms with Crippen LogP contribution in [-0.4, -0.2) is 47.7 Å². The minimum atomic E-state index is -0.294. The van der Waals surface area contributed by atoms with Crippen molar-refractivity contribution in [3.05, 3.63) is 36.3 Å². The number of nitrogens with one attached hydrogen (secondary N) is 1. The van der Waals surface area contributed by atoms with Gasteiger partial charge in [-0.05, 0) is 38.7 Å². The van der Waals surface area contributed by atoms with E-state index >= 15 is 0 Å². The van der Waals surface area contributed by atoms with Gasteiger partial charge in [-0.15, -0.1) is 6.58 Å². The lowest BCUT2D eigenvalue weighted by Crippen LogP contribution is -2.46. The summed E-state index contributed by atoms with van der Waals surface area (Å²) in [5.74, 6) is 0.594. The second-order valence-electron chi connectivity index (χ2n) is 5.96. The highest BCUT2D eigenvalue weighted by atomic mass is 16.3. The normalized spacial score (nSPS) is 18.1. The molecule has 1 aliphatic rings. The Morgan fingerprint density at radius 1 is 1.59 bits per heavy atom. The Bertz CT molecular complexity index is 490. The third kappa shape index (κ3) is 4.71. The maximum Gasteiger partial charge on any atom is 0.255 e. The summed E-state index contributed by atoms with van der Waals surface area (Å²) < 4.78 is 5.16. The predicted octanol–water partition coefficient (Wildman–Crippen LogP) is 2.11. The summed E-state index contributed by atoms with van der Waals surface area (Å²) in [5.41, 5.74) is 0.613. The zero-order valence-electron chi connectivity index (χ0n) is 13.3. The topological polar surface area (TPSA) is 65.7 Å². The summed E-state index contributed by atoms with van der Waals surface area (Å²) in [6.07, 6.45) is 6.52. The number of carbonyl (C=O) groups is 1. The molecular weight excluding hydrogens is 280 g/mol. The van der Waals surface area contributed by atoms with Gasteiger partial charge in [0.2, 0.25) is 0 Å². The van der Waals surface area contributed by atoms with Crippen molar-refractivity contribution >= 4 is 5.91 Å². The number of aliphatic hydroxyl groups excluding tert-OH is 1. The Hall–Kier alpha value is -1.59. The number of amides is 1. The molecule has 2 N–H and O–H groups in total. The van der Waals surface area contributed by atoms with E-state index in [-0.39, 0.29) is 18.1 Å². The second kappa shape index (κ2) is 8.15. The number of furan rings is 1. The van der Waals surface area contributed by atoms with Gasteiger partial charge in [0.25, 0.3) is 5.91 Å². The van der Waals surface area contributed by atoms with Gasteiger partial charge in [0.05, 0.1) is 17.9 Å². The van der Waals surface area contributed by atoms with Crippen molar-refractivity contribution in [2.45, 2.75) is 44.8 Å². The van der Waals surface area contributed by atoms with Crippen LogP contribution in [0.4, 0.5) is 0 Å². The molecule has 1 saturated heterocycles. The number of hydrogen-bond donors (Lipinski definition) is 2. The molecule has 0 saturated carbocycles. The molecule has 0 aromatic carbocycles. The molecule has 2 heterocycles. The number of carbonyl (C=O) groups excluding carboxylic acids is 1. The van der Waals surface area contributed by atoms with Gasteiger partial charge in [-0.1, -0.05) is 6.08 Å². The third-order valence-electron chi connectivity index (χ3n) is 4.20. The fourth-order valence-corrected chi connectivity index (χ4v) is 2.84. The Morgan fingerprint density at radius 3 is 2.91 bits per heavy atom. The van der Waals surface area contributed by atoms with Gasteiger partial charge < -0.3 is 19.7 Å². The fraction of sp³-hybridized carbons (Fsp3) is 0.588. The average Bonchev–Trinajstić information content (AvgIpc) is 2.93. The van der Waals surface area contributed by atoms with Crippen LogP contribution in [0.15, 0.2) is 29.4 Å². The Balaban J connectivity index is 1.72. The van der Waals surface area contributed by atoms with E-state index in [1.165, 1.54) is 6.26 Å². The predicted molar refractivity (Wildman–Crippen MR) is 85.8 cm³/mol. The van der Waals surface area contributed by atoms with Crippen LogP contribution in [0.1, 0.15) is 41.8 Å². The number of nitrogens with zero attached hydrogens (tertiary/aromatic N) is 1. The first-order valence-electron chi connectivity index (χ1n) is 7.96. The highest BCUT2D eigenvalue weighted by molar-refractivity contribution is 5.95. The van der Waals surface area contributed by atoms with Crippen molar-refractivity contribution in [1.29, 1.82) is 0 Å². The summed E-state index contributed by atoms with van der Waals surface area (Å²) in [6.45, 7) is 7.98. The molecule has 1 amide bonds. The van der Waals surface area contributed by atoms with Crippen molar-refractivity contribution in [3.63, 3.8) is 0 Å². The van der Waals surface area contributed by atoms with Crippen LogP contribution in [0.5, 0.6) is 0 Å². The van der Waals surface area contributed by atoms with Gasteiger partial charge in [0.1, 0.15) is 5.76 Å². The molecule has 0 spiro atoms. The first kappa shape index (κ1) is 16.8.